The Balaban J connectivity index is 2.22. The highest BCUT2D eigenvalue weighted by molar-refractivity contribution is 6.30. The number of benzene rings is 1. The first-order valence-corrected chi connectivity index (χ1v) is 6.27. The SMILES string of the molecule is N#CCC1NCCCN(c2ccc(Cl)cc2)C1=O. The number of nitrogens with one attached hydrogen (secondary N) is 1. The summed E-state index contributed by atoms with van der Waals surface area (Å²) in [6, 6.07) is 8.82. The number of carbonyl (C=O) groups excluding carboxylic acids is 1. The Morgan fingerprint density at radius 2 is 2.17 bits per heavy atom. The van der Waals surface area contributed by atoms with Gasteiger partial charge in [0.1, 0.15) is 6.04 Å². The molecule has 0 spiro atoms. The molecular weight excluding hydrogens is 250 g/mol. The smallest absolute Gasteiger partial charge is 0.245 e. The van der Waals surface area contributed by atoms with Gasteiger partial charge in [-0.2, -0.15) is 5.26 Å². The largest absolute Gasteiger partial charge is 0.311 e. The van der Waals surface area contributed by atoms with Crippen molar-refractivity contribution in [1.29, 1.82) is 5.26 Å². The molecule has 94 valence electrons. The minimum Gasteiger partial charge on any atom is -0.311 e. The zero-order valence-corrected chi connectivity index (χ0v) is 10.7. The molecule has 1 N–H and O–H groups in total. The van der Waals surface area contributed by atoms with Gasteiger partial charge in [0.2, 0.25) is 5.91 Å². The van der Waals surface area contributed by atoms with Gasteiger partial charge in [0.25, 0.3) is 0 Å². The van der Waals surface area contributed by atoms with Crippen LogP contribution in [0.1, 0.15) is 12.8 Å². The van der Waals surface area contributed by atoms with Crippen LogP contribution >= 0.6 is 11.6 Å². The third kappa shape index (κ3) is 2.81. The third-order valence-electron chi connectivity index (χ3n) is 2.95. The van der Waals surface area contributed by atoms with E-state index in [4.69, 9.17) is 16.9 Å². The Hall–Kier alpha value is -1.57. The van der Waals surface area contributed by atoms with E-state index in [1.54, 1.807) is 17.0 Å². The van der Waals surface area contributed by atoms with E-state index < -0.39 is 6.04 Å². The minimum atomic E-state index is -0.409. The number of nitriles is 1. The summed E-state index contributed by atoms with van der Waals surface area (Å²) >= 11 is 5.84. The maximum atomic E-state index is 12.3. The first-order valence-electron chi connectivity index (χ1n) is 5.89. The van der Waals surface area contributed by atoms with Crippen LogP contribution in [0.3, 0.4) is 0 Å². The number of nitrogens with zero attached hydrogens (tertiary/aromatic N) is 2. The average molecular weight is 264 g/mol. The standard InChI is InChI=1S/C13H14ClN3O/c14-10-2-4-11(5-3-10)17-9-1-8-16-12(6-7-15)13(17)18/h2-5,12,16H,1,6,8-9H2. The van der Waals surface area contributed by atoms with Crippen molar-refractivity contribution >= 4 is 23.2 Å². The van der Waals surface area contributed by atoms with Crippen molar-refractivity contribution in [1.82, 2.24) is 5.32 Å². The first-order chi connectivity index (χ1) is 8.72. The molecule has 0 saturated carbocycles. The van der Waals surface area contributed by atoms with Crippen LogP contribution in [0.25, 0.3) is 0 Å². The highest BCUT2D eigenvalue weighted by atomic mass is 35.5. The highest BCUT2D eigenvalue weighted by Gasteiger charge is 2.27. The lowest BCUT2D eigenvalue weighted by Crippen LogP contribution is -2.43. The van der Waals surface area contributed by atoms with Crippen LogP contribution in [0.2, 0.25) is 5.02 Å². The molecule has 1 aliphatic rings. The lowest BCUT2D eigenvalue weighted by molar-refractivity contribution is -0.120. The van der Waals surface area contributed by atoms with E-state index in [-0.39, 0.29) is 12.3 Å². The van der Waals surface area contributed by atoms with E-state index in [1.165, 1.54) is 0 Å². The Labute approximate surface area is 111 Å². The van der Waals surface area contributed by atoms with Gasteiger partial charge >= 0.3 is 0 Å². The summed E-state index contributed by atoms with van der Waals surface area (Å²) in [7, 11) is 0. The number of hydrogen-bond donors (Lipinski definition) is 1. The van der Waals surface area contributed by atoms with E-state index in [1.807, 2.05) is 18.2 Å². The Kier molecular flexibility index (Phi) is 4.19. The summed E-state index contributed by atoms with van der Waals surface area (Å²) in [5.74, 6) is -0.0450. The Morgan fingerprint density at radius 1 is 1.44 bits per heavy atom. The number of carbonyl (C=O) groups is 1. The van der Waals surface area contributed by atoms with Crippen LogP contribution in [0, 0.1) is 11.3 Å². The zero-order chi connectivity index (χ0) is 13.0. The molecule has 18 heavy (non-hydrogen) atoms. The van der Waals surface area contributed by atoms with Crippen molar-refractivity contribution in [2.45, 2.75) is 18.9 Å². The van der Waals surface area contributed by atoms with Crippen LogP contribution in [0.5, 0.6) is 0 Å². The molecule has 1 heterocycles. The molecule has 0 aromatic heterocycles. The average Bonchev–Trinajstić information content (AvgIpc) is 2.55. The Morgan fingerprint density at radius 3 is 2.83 bits per heavy atom. The van der Waals surface area contributed by atoms with Crippen molar-refractivity contribution in [3.63, 3.8) is 0 Å². The molecule has 1 atom stereocenters. The monoisotopic (exact) mass is 263 g/mol. The van der Waals surface area contributed by atoms with Crippen LogP contribution in [-0.2, 0) is 4.79 Å². The van der Waals surface area contributed by atoms with Crippen molar-refractivity contribution < 1.29 is 4.79 Å². The third-order valence-corrected chi connectivity index (χ3v) is 3.20. The highest BCUT2D eigenvalue weighted by Crippen LogP contribution is 2.20. The van der Waals surface area contributed by atoms with Crippen molar-refractivity contribution in [2.75, 3.05) is 18.0 Å². The molecule has 1 aromatic carbocycles. The number of amides is 1. The molecule has 1 saturated heterocycles. The maximum Gasteiger partial charge on any atom is 0.245 e. The molecule has 1 amide bonds. The number of anilines is 1. The van der Waals surface area contributed by atoms with Gasteiger partial charge in [-0.3, -0.25) is 4.79 Å². The van der Waals surface area contributed by atoms with E-state index in [0.717, 1.165) is 18.7 Å². The van der Waals surface area contributed by atoms with Crippen LogP contribution in [0.4, 0.5) is 5.69 Å². The molecule has 0 aliphatic carbocycles. The zero-order valence-electron chi connectivity index (χ0n) is 9.90. The number of halogens is 1. The van der Waals surface area contributed by atoms with E-state index in [9.17, 15) is 4.79 Å². The lowest BCUT2D eigenvalue weighted by Gasteiger charge is -2.23. The van der Waals surface area contributed by atoms with Gasteiger partial charge < -0.3 is 10.2 Å². The fourth-order valence-corrected chi connectivity index (χ4v) is 2.15. The van der Waals surface area contributed by atoms with E-state index >= 15 is 0 Å². The summed E-state index contributed by atoms with van der Waals surface area (Å²) in [4.78, 5) is 14.0. The van der Waals surface area contributed by atoms with Gasteiger partial charge in [-0.1, -0.05) is 11.6 Å². The topological polar surface area (TPSA) is 56.1 Å². The van der Waals surface area contributed by atoms with Crippen LogP contribution in [-0.4, -0.2) is 25.0 Å². The molecule has 0 radical (unpaired) electrons. The van der Waals surface area contributed by atoms with Crippen molar-refractivity contribution in [3.8, 4) is 6.07 Å². The summed E-state index contributed by atoms with van der Waals surface area (Å²) in [5, 5.41) is 12.5. The van der Waals surface area contributed by atoms with Crippen molar-refractivity contribution in [2.24, 2.45) is 0 Å². The molecule has 0 bridgehead atoms. The van der Waals surface area contributed by atoms with Gasteiger partial charge in [-0.05, 0) is 37.2 Å². The van der Waals surface area contributed by atoms with Gasteiger partial charge in [-0.25, -0.2) is 0 Å². The molecule has 5 heteroatoms. The van der Waals surface area contributed by atoms with Crippen LogP contribution < -0.4 is 10.2 Å². The molecular formula is C13H14ClN3O. The predicted molar refractivity (Wildman–Crippen MR) is 70.4 cm³/mol. The molecule has 2 rings (SSSR count). The lowest BCUT2D eigenvalue weighted by atomic mass is 10.2. The van der Waals surface area contributed by atoms with Gasteiger partial charge in [0.05, 0.1) is 12.5 Å². The second-order valence-electron chi connectivity index (χ2n) is 4.19. The van der Waals surface area contributed by atoms with Gasteiger partial charge in [-0.15, -0.1) is 0 Å². The van der Waals surface area contributed by atoms with Crippen LogP contribution in [0.15, 0.2) is 24.3 Å². The molecule has 1 aliphatic heterocycles. The maximum absolute atomic E-state index is 12.3. The minimum absolute atomic E-state index is 0.0450. The molecule has 1 fully saturated rings. The number of hydrogen-bond acceptors (Lipinski definition) is 3. The quantitative estimate of drug-likeness (QED) is 0.887. The summed E-state index contributed by atoms with van der Waals surface area (Å²) < 4.78 is 0. The van der Waals surface area contributed by atoms with Gasteiger partial charge in [0.15, 0.2) is 0 Å². The fourth-order valence-electron chi connectivity index (χ4n) is 2.03. The summed E-state index contributed by atoms with van der Waals surface area (Å²) in [5.41, 5.74) is 0.830. The Bertz CT molecular complexity index is 466. The molecule has 4 nitrogen and oxygen atoms in total. The molecule has 1 aromatic rings. The first kappa shape index (κ1) is 12.9. The second-order valence-corrected chi connectivity index (χ2v) is 4.63. The van der Waals surface area contributed by atoms with Crippen molar-refractivity contribution in [3.05, 3.63) is 29.3 Å². The van der Waals surface area contributed by atoms with E-state index in [0.29, 0.717) is 11.6 Å². The summed E-state index contributed by atoms with van der Waals surface area (Å²) in [6.45, 7) is 1.41. The molecule has 1 unspecified atom stereocenters. The number of rotatable bonds is 2. The van der Waals surface area contributed by atoms with E-state index in [2.05, 4.69) is 5.32 Å². The predicted octanol–water partition coefficient (Wildman–Crippen LogP) is 1.95. The second kappa shape index (κ2) is 5.85. The fraction of sp³-hybridized carbons (Fsp3) is 0.385. The summed E-state index contributed by atoms with van der Waals surface area (Å²) in [6.07, 6.45) is 1.07. The van der Waals surface area contributed by atoms with Gasteiger partial charge in [0, 0.05) is 17.3 Å². The normalized spacial score (nSPS) is 20.3.